The minimum absolute atomic E-state index is 0.477. The van der Waals surface area contributed by atoms with E-state index in [-0.39, 0.29) is 0 Å². The number of halogens is 1. The molecule has 11 heavy (non-hydrogen) atoms. The van der Waals surface area contributed by atoms with Crippen molar-refractivity contribution in [3.8, 4) is 0 Å². The molecule has 0 aromatic heterocycles. The summed E-state index contributed by atoms with van der Waals surface area (Å²) in [6.45, 7) is 4.59. The van der Waals surface area contributed by atoms with Crippen LogP contribution in [0.3, 0.4) is 0 Å². The van der Waals surface area contributed by atoms with Gasteiger partial charge in [0.05, 0.1) is 6.61 Å². The molecule has 0 bridgehead atoms. The molecule has 0 N–H and O–H groups in total. The zero-order chi connectivity index (χ0) is 8.10. The standard InChI is InChI=1S/C9H10ClO/c1-2-11-7-8-5-3-4-6-9(8)10/h3-6H,1-2,7H2. The first kappa shape index (κ1) is 8.57. The Morgan fingerprint density at radius 3 is 2.73 bits per heavy atom. The molecule has 1 rings (SSSR count). The molecule has 0 amide bonds. The molecular formula is C9H10ClO. The van der Waals surface area contributed by atoms with Crippen molar-refractivity contribution in [2.75, 3.05) is 6.61 Å². The highest BCUT2D eigenvalue weighted by atomic mass is 35.5. The maximum atomic E-state index is 5.86. The van der Waals surface area contributed by atoms with Crippen LogP contribution in [0.2, 0.25) is 5.02 Å². The van der Waals surface area contributed by atoms with E-state index in [2.05, 4.69) is 6.92 Å². The molecule has 59 valence electrons. The molecule has 0 atom stereocenters. The Morgan fingerprint density at radius 1 is 1.36 bits per heavy atom. The normalized spacial score (nSPS) is 10.0. The van der Waals surface area contributed by atoms with Gasteiger partial charge in [0.25, 0.3) is 0 Å². The summed E-state index contributed by atoms with van der Waals surface area (Å²) in [6, 6.07) is 7.63. The molecule has 0 spiro atoms. The first-order valence-electron chi connectivity index (χ1n) is 3.45. The quantitative estimate of drug-likeness (QED) is 0.676. The molecule has 0 aliphatic heterocycles. The van der Waals surface area contributed by atoms with Gasteiger partial charge in [0, 0.05) is 11.6 Å². The van der Waals surface area contributed by atoms with Crippen LogP contribution >= 0.6 is 11.6 Å². The van der Waals surface area contributed by atoms with Crippen LogP contribution in [0.1, 0.15) is 5.56 Å². The van der Waals surface area contributed by atoms with Crippen LogP contribution in [0.15, 0.2) is 24.3 Å². The van der Waals surface area contributed by atoms with Gasteiger partial charge in [-0.25, -0.2) is 0 Å². The van der Waals surface area contributed by atoms with Gasteiger partial charge >= 0.3 is 0 Å². The van der Waals surface area contributed by atoms with Crippen molar-refractivity contribution in [1.82, 2.24) is 0 Å². The average Bonchev–Trinajstić information content (AvgIpc) is 2.03. The predicted octanol–water partition coefficient (Wildman–Crippen LogP) is 2.69. The van der Waals surface area contributed by atoms with E-state index in [0.29, 0.717) is 13.2 Å². The van der Waals surface area contributed by atoms with Gasteiger partial charge in [0.1, 0.15) is 0 Å². The Kier molecular flexibility index (Phi) is 3.40. The fourth-order valence-corrected chi connectivity index (χ4v) is 0.988. The van der Waals surface area contributed by atoms with Gasteiger partial charge in [-0.2, -0.15) is 0 Å². The fourth-order valence-electron chi connectivity index (χ4n) is 0.798. The van der Waals surface area contributed by atoms with Gasteiger partial charge in [-0.1, -0.05) is 29.8 Å². The Bertz CT molecular complexity index is 223. The molecule has 0 aliphatic rings. The number of ether oxygens (including phenoxy) is 1. The third-order valence-corrected chi connectivity index (χ3v) is 1.73. The minimum atomic E-state index is 0.477. The Hall–Kier alpha value is -0.530. The van der Waals surface area contributed by atoms with E-state index in [1.807, 2.05) is 24.3 Å². The lowest BCUT2D eigenvalue weighted by Crippen LogP contribution is -1.91. The molecule has 2 heteroatoms. The van der Waals surface area contributed by atoms with Crippen molar-refractivity contribution in [1.29, 1.82) is 0 Å². The molecule has 1 aromatic carbocycles. The van der Waals surface area contributed by atoms with Crippen LogP contribution in [0.25, 0.3) is 0 Å². The summed E-state index contributed by atoms with van der Waals surface area (Å²) in [7, 11) is 0. The van der Waals surface area contributed by atoms with Crippen LogP contribution in [-0.4, -0.2) is 6.61 Å². The molecule has 1 aromatic rings. The third kappa shape index (κ3) is 2.52. The molecule has 0 saturated carbocycles. The summed E-state index contributed by atoms with van der Waals surface area (Å²) in [4.78, 5) is 0. The highest BCUT2D eigenvalue weighted by Gasteiger charge is 1.96. The molecule has 0 unspecified atom stereocenters. The Labute approximate surface area is 71.9 Å². The van der Waals surface area contributed by atoms with E-state index in [0.717, 1.165) is 10.6 Å². The smallest absolute Gasteiger partial charge is 0.0731 e. The lowest BCUT2D eigenvalue weighted by molar-refractivity contribution is 0.147. The van der Waals surface area contributed by atoms with Crippen LogP contribution in [0.5, 0.6) is 0 Å². The monoisotopic (exact) mass is 169 g/mol. The maximum Gasteiger partial charge on any atom is 0.0731 e. The minimum Gasteiger partial charge on any atom is -0.377 e. The summed E-state index contributed by atoms with van der Waals surface area (Å²) >= 11 is 5.86. The van der Waals surface area contributed by atoms with Crippen LogP contribution in [0.4, 0.5) is 0 Å². The zero-order valence-corrected chi connectivity index (χ0v) is 6.97. The fraction of sp³-hybridized carbons (Fsp3) is 0.222. The Balaban J connectivity index is 2.62. The SMILES string of the molecule is [CH2]COCc1ccccc1Cl. The molecule has 0 aliphatic carbocycles. The topological polar surface area (TPSA) is 9.23 Å². The second kappa shape index (κ2) is 4.37. The van der Waals surface area contributed by atoms with Crippen LogP contribution in [-0.2, 0) is 11.3 Å². The lowest BCUT2D eigenvalue weighted by Gasteiger charge is -2.02. The third-order valence-electron chi connectivity index (χ3n) is 1.36. The van der Waals surface area contributed by atoms with Gasteiger partial charge in [-0.3, -0.25) is 0 Å². The van der Waals surface area contributed by atoms with E-state index >= 15 is 0 Å². The number of hydrogen-bond acceptors (Lipinski definition) is 1. The molecule has 1 radical (unpaired) electrons. The predicted molar refractivity (Wildman–Crippen MR) is 46.5 cm³/mol. The highest BCUT2D eigenvalue weighted by molar-refractivity contribution is 6.31. The van der Waals surface area contributed by atoms with E-state index in [1.54, 1.807) is 0 Å². The van der Waals surface area contributed by atoms with Gasteiger partial charge in [0.15, 0.2) is 0 Å². The number of rotatable bonds is 3. The van der Waals surface area contributed by atoms with Gasteiger partial charge in [0.2, 0.25) is 0 Å². The van der Waals surface area contributed by atoms with Crippen molar-refractivity contribution in [2.45, 2.75) is 6.61 Å². The van der Waals surface area contributed by atoms with Crippen molar-refractivity contribution >= 4 is 11.6 Å². The second-order valence-electron chi connectivity index (χ2n) is 2.14. The first-order chi connectivity index (χ1) is 5.34. The first-order valence-corrected chi connectivity index (χ1v) is 3.83. The van der Waals surface area contributed by atoms with E-state index in [9.17, 15) is 0 Å². The molecular weight excluding hydrogens is 160 g/mol. The second-order valence-corrected chi connectivity index (χ2v) is 2.55. The Morgan fingerprint density at radius 2 is 2.09 bits per heavy atom. The number of hydrogen-bond donors (Lipinski definition) is 0. The largest absolute Gasteiger partial charge is 0.377 e. The van der Waals surface area contributed by atoms with Crippen LogP contribution in [0, 0.1) is 6.92 Å². The molecule has 1 nitrogen and oxygen atoms in total. The van der Waals surface area contributed by atoms with E-state index in [4.69, 9.17) is 16.3 Å². The number of benzene rings is 1. The van der Waals surface area contributed by atoms with Crippen LogP contribution < -0.4 is 0 Å². The molecule has 0 saturated heterocycles. The molecule has 0 fully saturated rings. The van der Waals surface area contributed by atoms with Gasteiger partial charge in [-0.15, -0.1) is 0 Å². The summed E-state index contributed by atoms with van der Waals surface area (Å²) in [5, 5.41) is 0.751. The average molecular weight is 170 g/mol. The van der Waals surface area contributed by atoms with E-state index < -0.39 is 0 Å². The van der Waals surface area contributed by atoms with Crippen molar-refractivity contribution in [3.63, 3.8) is 0 Å². The summed E-state index contributed by atoms with van der Waals surface area (Å²) in [6.07, 6.45) is 0. The highest BCUT2D eigenvalue weighted by Crippen LogP contribution is 2.15. The lowest BCUT2D eigenvalue weighted by atomic mass is 10.2. The summed E-state index contributed by atoms with van der Waals surface area (Å²) in [5.74, 6) is 0. The van der Waals surface area contributed by atoms with E-state index in [1.165, 1.54) is 0 Å². The molecule has 0 heterocycles. The zero-order valence-electron chi connectivity index (χ0n) is 6.22. The summed E-state index contributed by atoms with van der Waals surface area (Å²) < 4.78 is 5.10. The van der Waals surface area contributed by atoms with Crippen molar-refractivity contribution in [2.24, 2.45) is 0 Å². The van der Waals surface area contributed by atoms with Gasteiger partial charge in [-0.05, 0) is 18.6 Å². The van der Waals surface area contributed by atoms with Gasteiger partial charge < -0.3 is 4.74 Å². The van der Waals surface area contributed by atoms with Crippen molar-refractivity contribution in [3.05, 3.63) is 41.8 Å². The van der Waals surface area contributed by atoms with Crippen molar-refractivity contribution < 1.29 is 4.74 Å². The maximum absolute atomic E-state index is 5.86. The summed E-state index contributed by atoms with van der Waals surface area (Å²) in [5.41, 5.74) is 1.01.